The van der Waals surface area contributed by atoms with E-state index in [1.807, 2.05) is 6.20 Å². The van der Waals surface area contributed by atoms with Gasteiger partial charge in [-0.3, -0.25) is 4.59 Å². The van der Waals surface area contributed by atoms with Gasteiger partial charge in [0.1, 0.15) is 0 Å². The minimum absolute atomic E-state index is 0.0148. The van der Waals surface area contributed by atoms with Crippen molar-refractivity contribution >= 4 is 42.2 Å². The second-order valence-electron chi connectivity index (χ2n) is 8.38. The van der Waals surface area contributed by atoms with Gasteiger partial charge in [0.25, 0.3) is 0 Å². The number of hydrogen-bond acceptors (Lipinski definition) is 2. The molecule has 5 rings (SSSR count). The van der Waals surface area contributed by atoms with Gasteiger partial charge in [-0.1, -0.05) is 98.7 Å². The Balaban J connectivity index is 1.78. The predicted octanol–water partition coefficient (Wildman–Crippen LogP) is 5.09. The number of nitrogens with zero attached hydrogens (tertiary/aromatic N) is 2. The monoisotopic (exact) mass is 409 g/mol. The lowest BCUT2D eigenvalue weighted by atomic mass is 9.65. The van der Waals surface area contributed by atoms with Gasteiger partial charge < -0.3 is 5.23 Å². The van der Waals surface area contributed by atoms with Gasteiger partial charge in [0, 0.05) is 17.4 Å². The number of hydrogen-bond donors (Lipinski definition) is 1. The lowest BCUT2D eigenvalue weighted by molar-refractivity contribution is 0.964. The average molecular weight is 409 g/mol. The number of rotatable bonds is 5. The first-order valence-corrected chi connectivity index (χ1v) is 13.8. The van der Waals surface area contributed by atoms with Crippen LogP contribution in [0.5, 0.6) is 0 Å². The van der Waals surface area contributed by atoms with E-state index in [1.165, 1.54) is 51.3 Å². The molecule has 1 aromatic heterocycles. The SMILES string of the molecule is CC[Si](CC)(CC)c1cc2ccccc2cc1B1Nc2ccccc2-c2ccnn21. The molecule has 150 valence electrons. The van der Waals surface area contributed by atoms with Crippen LogP contribution in [-0.4, -0.2) is 24.7 Å². The molecule has 1 aliphatic heterocycles. The highest BCUT2D eigenvalue weighted by atomic mass is 28.3. The fraction of sp³-hybridized carbons (Fsp3) is 0.240. The molecule has 0 unspecified atom stereocenters. The maximum absolute atomic E-state index is 4.76. The molecule has 2 heterocycles. The Kier molecular flexibility index (Phi) is 4.78. The lowest BCUT2D eigenvalue weighted by Crippen LogP contribution is -2.62. The molecule has 1 aliphatic rings. The molecule has 0 aliphatic carbocycles. The number of anilines is 1. The Hall–Kier alpha value is -2.79. The predicted molar refractivity (Wildman–Crippen MR) is 133 cm³/mol. The van der Waals surface area contributed by atoms with Crippen LogP contribution in [-0.2, 0) is 0 Å². The highest BCUT2D eigenvalue weighted by molar-refractivity contribution is 6.96. The van der Waals surface area contributed by atoms with Gasteiger partial charge in [-0.05, 0) is 28.4 Å². The summed E-state index contributed by atoms with van der Waals surface area (Å²) in [4.78, 5) is 0. The van der Waals surface area contributed by atoms with Gasteiger partial charge in [-0.25, -0.2) is 0 Å². The van der Waals surface area contributed by atoms with Crippen molar-refractivity contribution in [2.75, 3.05) is 5.23 Å². The van der Waals surface area contributed by atoms with Gasteiger partial charge in [0.05, 0.1) is 13.8 Å². The normalized spacial score (nSPS) is 13.1. The van der Waals surface area contributed by atoms with Gasteiger partial charge in [0.15, 0.2) is 0 Å². The van der Waals surface area contributed by atoms with E-state index in [2.05, 4.69) is 97.3 Å². The molecular weight excluding hydrogens is 381 g/mol. The second kappa shape index (κ2) is 7.47. The molecule has 0 saturated carbocycles. The number of aromatic nitrogens is 2. The van der Waals surface area contributed by atoms with Crippen LogP contribution in [0.15, 0.2) is 72.9 Å². The molecular formula is C25H28BN3Si. The topological polar surface area (TPSA) is 29.9 Å². The molecule has 30 heavy (non-hydrogen) atoms. The molecule has 4 aromatic rings. The van der Waals surface area contributed by atoms with Gasteiger partial charge >= 0.3 is 6.98 Å². The van der Waals surface area contributed by atoms with Crippen molar-refractivity contribution in [2.45, 2.75) is 38.9 Å². The minimum atomic E-state index is -1.61. The summed E-state index contributed by atoms with van der Waals surface area (Å²) in [6, 6.07) is 28.2. The van der Waals surface area contributed by atoms with Crippen molar-refractivity contribution in [3.05, 3.63) is 72.9 Å². The first kappa shape index (κ1) is 19.2. The zero-order valence-electron chi connectivity index (χ0n) is 18.0. The smallest absolute Gasteiger partial charge is 0.404 e. The van der Waals surface area contributed by atoms with E-state index in [4.69, 9.17) is 5.10 Å². The number of para-hydroxylation sites is 1. The van der Waals surface area contributed by atoms with E-state index in [1.54, 1.807) is 5.19 Å². The van der Waals surface area contributed by atoms with E-state index in [9.17, 15) is 0 Å². The van der Waals surface area contributed by atoms with Gasteiger partial charge in [-0.2, -0.15) is 5.10 Å². The van der Waals surface area contributed by atoms with Crippen LogP contribution in [0.25, 0.3) is 22.0 Å². The molecule has 0 radical (unpaired) electrons. The van der Waals surface area contributed by atoms with Crippen molar-refractivity contribution in [2.24, 2.45) is 0 Å². The quantitative estimate of drug-likeness (QED) is 0.466. The van der Waals surface area contributed by atoms with Crippen LogP contribution >= 0.6 is 0 Å². The Morgan fingerprint density at radius 3 is 2.27 bits per heavy atom. The lowest BCUT2D eigenvalue weighted by Gasteiger charge is -2.34. The number of benzene rings is 3. The molecule has 0 fully saturated rings. The maximum Gasteiger partial charge on any atom is 0.430 e. The zero-order valence-corrected chi connectivity index (χ0v) is 19.0. The van der Waals surface area contributed by atoms with E-state index in [0.717, 1.165) is 0 Å². The van der Waals surface area contributed by atoms with Crippen molar-refractivity contribution in [1.82, 2.24) is 9.69 Å². The summed E-state index contributed by atoms with van der Waals surface area (Å²) < 4.78 is 2.18. The van der Waals surface area contributed by atoms with Gasteiger partial charge in [0.2, 0.25) is 0 Å². The van der Waals surface area contributed by atoms with Crippen LogP contribution in [0.3, 0.4) is 0 Å². The molecule has 1 N–H and O–H groups in total. The first-order valence-electron chi connectivity index (χ1n) is 11.1. The van der Waals surface area contributed by atoms with E-state index in [0.29, 0.717) is 0 Å². The Labute approximate surface area is 180 Å². The summed E-state index contributed by atoms with van der Waals surface area (Å²) in [6.07, 6.45) is 1.93. The van der Waals surface area contributed by atoms with Crippen LogP contribution < -0.4 is 15.9 Å². The summed E-state index contributed by atoms with van der Waals surface area (Å²) in [5.74, 6) is 0. The van der Waals surface area contributed by atoms with E-state index < -0.39 is 8.07 Å². The highest BCUT2D eigenvalue weighted by Crippen LogP contribution is 2.32. The van der Waals surface area contributed by atoms with Crippen molar-refractivity contribution in [3.8, 4) is 11.3 Å². The van der Waals surface area contributed by atoms with Crippen molar-refractivity contribution in [3.63, 3.8) is 0 Å². The minimum Gasteiger partial charge on any atom is -0.404 e. The van der Waals surface area contributed by atoms with E-state index in [-0.39, 0.29) is 6.98 Å². The summed E-state index contributed by atoms with van der Waals surface area (Å²) in [6.45, 7) is 7.18. The molecule has 3 nitrogen and oxygen atoms in total. The molecule has 0 spiro atoms. The molecule has 0 saturated heterocycles. The third-order valence-corrected chi connectivity index (χ3v) is 12.9. The molecule has 3 aromatic carbocycles. The first-order chi connectivity index (χ1) is 14.7. The van der Waals surface area contributed by atoms with Crippen LogP contribution in [0.2, 0.25) is 18.1 Å². The fourth-order valence-corrected chi connectivity index (χ4v) is 9.17. The molecule has 0 bridgehead atoms. The molecule has 5 heteroatoms. The summed E-state index contributed by atoms with van der Waals surface area (Å²) >= 11 is 0. The maximum atomic E-state index is 4.76. The number of nitrogens with one attached hydrogen (secondary N) is 1. The highest BCUT2D eigenvalue weighted by Gasteiger charge is 2.38. The Bertz CT molecular complexity index is 1200. The van der Waals surface area contributed by atoms with Crippen LogP contribution in [0.1, 0.15) is 20.8 Å². The standard InChI is InChI=1S/C25H28BN3Si/c1-4-30(5-2,6-3)25-18-20-12-8-7-11-19(20)17-22(25)26-28-23-14-10-9-13-21(23)24-15-16-27-29(24)26/h7-18,28H,4-6H2,1-3H3. The van der Waals surface area contributed by atoms with Crippen LogP contribution in [0.4, 0.5) is 5.69 Å². The summed E-state index contributed by atoms with van der Waals surface area (Å²) in [7, 11) is -1.61. The number of fused-ring (bicyclic) bond motifs is 4. The third-order valence-electron chi connectivity index (χ3n) is 7.22. The second-order valence-corrected chi connectivity index (χ2v) is 13.6. The zero-order chi connectivity index (χ0) is 20.7. The molecule has 0 amide bonds. The Morgan fingerprint density at radius 1 is 0.867 bits per heavy atom. The Morgan fingerprint density at radius 2 is 1.53 bits per heavy atom. The molecule has 0 atom stereocenters. The summed E-state index contributed by atoms with van der Waals surface area (Å²) in [5, 5.41) is 12.8. The van der Waals surface area contributed by atoms with Crippen molar-refractivity contribution < 1.29 is 0 Å². The van der Waals surface area contributed by atoms with E-state index >= 15 is 0 Å². The third kappa shape index (κ3) is 2.83. The van der Waals surface area contributed by atoms with Crippen molar-refractivity contribution in [1.29, 1.82) is 0 Å². The average Bonchev–Trinajstić information content (AvgIpc) is 3.30. The largest absolute Gasteiger partial charge is 0.430 e. The van der Waals surface area contributed by atoms with Crippen LogP contribution in [0, 0.1) is 0 Å². The summed E-state index contributed by atoms with van der Waals surface area (Å²) in [5.41, 5.74) is 4.99. The van der Waals surface area contributed by atoms with Gasteiger partial charge in [-0.15, -0.1) is 0 Å². The fourth-order valence-electron chi connectivity index (χ4n) is 5.25.